The minimum absolute atomic E-state index is 0. The van der Waals surface area contributed by atoms with Crippen molar-refractivity contribution in [1.82, 2.24) is 0 Å². The first-order valence-corrected chi connectivity index (χ1v) is 11.7. The quantitative estimate of drug-likeness (QED) is 0.148. The largest absolute Gasteiger partial charge is 1.00 e. The summed E-state index contributed by atoms with van der Waals surface area (Å²) >= 11 is -9.65. The minimum Gasteiger partial charge on any atom is -1.00 e. The smallest absolute Gasteiger partial charge is 0.358 e. The number of benzene rings is 2. The van der Waals surface area contributed by atoms with E-state index in [4.69, 9.17) is 0 Å². The molecule has 26 heavy (non-hydrogen) atoms. The zero-order valence-corrected chi connectivity index (χ0v) is 16.3. The van der Waals surface area contributed by atoms with Crippen molar-refractivity contribution in [1.29, 1.82) is 0 Å². The van der Waals surface area contributed by atoms with Crippen LogP contribution in [0.1, 0.15) is 0 Å². The molecule has 0 saturated carbocycles. The molecule has 0 N–H and O–H groups in total. The fraction of sp³-hybridized carbons (Fsp3) is 0. The van der Waals surface area contributed by atoms with Gasteiger partial charge in [-0.1, -0.05) is 12.1 Å². The monoisotopic (exact) mass is 560 g/mol. The maximum atomic E-state index is 10.7. The van der Waals surface area contributed by atoms with Gasteiger partial charge >= 0.3 is 53.3 Å². The number of nitrogens with zero attached hydrogens (tertiary/aromatic N) is 2. The van der Waals surface area contributed by atoms with Crippen molar-refractivity contribution >= 4 is 26.2 Å². The minimum atomic E-state index is -8.99. The van der Waals surface area contributed by atoms with E-state index in [9.17, 15) is 37.6 Å². The van der Waals surface area contributed by atoms with Gasteiger partial charge in [0.25, 0.3) is 11.4 Å². The molecule has 144 valence electrons. The van der Waals surface area contributed by atoms with Crippen molar-refractivity contribution in [2.45, 2.75) is 0 Å². The van der Waals surface area contributed by atoms with E-state index in [1.165, 1.54) is 24.3 Å². The second kappa shape index (κ2) is 9.16. The van der Waals surface area contributed by atoms with Crippen LogP contribution in [-0.2, 0) is 0 Å². The Morgan fingerprint density at radius 2 is 1.08 bits per heavy atom. The maximum Gasteiger partial charge on any atom is 0.358 e. The van der Waals surface area contributed by atoms with Gasteiger partial charge in [-0.15, -0.1) is 0 Å². The molecule has 0 amide bonds. The van der Waals surface area contributed by atoms with Crippen molar-refractivity contribution < 1.29 is 53.1 Å². The van der Waals surface area contributed by atoms with E-state index in [0.717, 1.165) is 7.14 Å². The third-order valence-electron chi connectivity index (χ3n) is 2.26. The zero-order chi connectivity index (χ0) is 19.3. The molecular weight excluding hydrogens is 552 g/mol. The normalized spacial score (nSPS) is 11.8. The molecule has 0 aliphatic carbocycles. The van der Waals surface area contributed by atoms with Gasteiger partial charge in [-0.25, -0.2) is 0 Å². The molecule has 0 saturated heterocycles. The number of rotatable bonds is 4. The Morgan fingerprint density at radius 1 is 0.769 bits per heavy atom. The zero-order valence-electron chi connectivity index (χ0n) is 12.2. The van der Waals surface area contributed by atoms with Crippen LogP contribution in [0.5, 0.6) is 0 Å². The number of halogens is 7. The van der Waals surface area contributed by atoms with Gasteiger partial charge in [0.05, 0.1) is 22.0 Å². The van der Waals surface area contributed by atoms with Gasteiger partial charge in [-0.05, 0) is 12.1 Å². The summed E-state index contributed by atoms with van der Waals surface area (Å²) in [6, 6.07) is 12.8. The van der Waals surface area contributed by atoms with Crippen LogP contribution < -0.4 is 25.9 Å². The molecule has 0 bridgehead atoms. The Hall–Kier alpha value is -1.89. The second-order valence-corrected chi connectivity index (χ2v) is 9.92. The van der Waals surface area contributed by atoms with Crippen LogP contribution in [0.25, 0.3) is 0 Å². The van der Waals surface area contributed by atoms with Gasteiger partial charge < -0.3 is 4.70 Å². The Balaban J connectivity index is 0.000000777. The summed E-state index contributed by atoms with van der Waals surface area (Å²) < 4.78 is 51.1. The number of hydrogen-bond donors (Lipinski definition) is 0. The Kier molecular flexibility index (Phi) is 8.50. The van der Waals surface area contributed by atoms with Gasteiger partial charge in [0.15, 0.2) is 0 Å². The molecule has 0 spiro atoms. The molecule has 2 aromatic rings. The van der Waals surface area contributed by atoms with Gasteiger partial charge in [0, 0.05) is 12.1 Å². The fourth-order valence-corrected chi connectivity index (χ4v) is 3.87. The predicted molar refractivity (Wildman–Crippen MR) is 74.9 cm³/mol. The van der Waals surface area contributed by atoms with Crippen LogP contribution in [-0.4, -0.2) is 24.6 Å². The molecule has 2 aromatic carbocycles. The molecular formula is C12H8AsF6IN2O4. The van der Waals surface area contributed by atoms with Gasteiger partial charge in [-0.3, -0.25) is 20.2 Å². The predicted octanol–water partition coefficient (Wildman–Crippen LogP) is -1.64. The van der Waals surface area contributed by atoms with Crippen LogP contribution in [0.4, 0.5) is 28.7 Å². The first-order valence-electron chi connectivity index (χ1n) is 6.04. The maximum absolute atomic E-state index is 10.7. The molecule has 0 unspecified atom stereocenters. The van der Waals surface area contributed by atoms with Crippen LogP contribution in [0.15, 0.2) is 48.5 Å². The summed E-state index contributed by atoms with van der Waals surface area (Å²) in [5, 5.41) is 21.4. The second-order valence-electron chi connectivity index (χ2n) is 4.21. The summed E-state index contributed by atoms with van der Waals surface area (Å²) in [5.41, 5.74) is 0.0882. The van der Waals surface area contributed by atoms with Gasteiger partial charge in [0.2, 0.25) is 7.14 Å². The van der Waals surface area contributed by atoms with Crippen LogP contribution in [0, 0.1) is 27.4 Å². The van der Waals surface area contributed by atoms with Crippen molar-refractivity contribution in [2.75, 3.05) is 0 Å². The van der Waals surface area contributed by atoms with Crippen molar-refractivity contribution in [3.63, 3.8) is 0 Å². The molecule has 6 nitrogen and oxygen atoms in total. The first-order chi connectivity index (χ1) is 11.3. The number of nitro groups is 2. The Bertz CT molecular complexity index is 730. The molecule has 0 fully saturated rings. The van der Waals surface area contributed by atoms with Crippen molar-refractivity contribution in [2.24, 2.45) is 0 Å². The van der Waals surface area contributed by atoms with E-state index in [0.29, 0.717) is 0 Å². The number of hydrogen-bond acceptors (Lipinski definition) is 4. The summed E-state index contributed by atoms with van der Waals surface area (Å²) in [4.78, 5) is 20.5. The van der Waals surface area contributed by atoms with E-state index in [1.807, 2.05) is 0 Å². The molecule has 0 aliphatic rings. The molecule has 0 radical (unpaired) electrons. The van der Waals surface area contributed by atoms with E-state index >= 15 is 0 Å². The molecule has 0 heterocycles. The van der Waals surface area contributed by atoms with Crippen LogP contribution in [0.3, 0.4) is 0 Å². The summed E-state index contributed by atoms with van der Waals surface area (Å²) in [7, 11) is 0. The number of non-ortho nitro benzene ring substituents is 2. The first kappa shape index (κ1) is 24.1. The van der Waals surface area contributed by atoms with E-state index in [1.54, 1.807) is 24.3 Å². The van der Waals surface area contributed by atoms with Crippen molar-refractivity contribution in [3.8, 4) is 0 Å². The van der Waals surface area contributed by atoms with E-state index in [-0.39, 0.29) is 16.1 Å². The standard InChI is InChI=1S/C12H8IN2O4.AsF5.FH/c16-14(17)11-5-1-3-9(7-11)13-10-4-2-6-12(8-10)15(18)19;2-1(3,4,5)6;/h1-8H;;1H/q+1;;/p-1. The SMILES string of the molecule is F[As](F)(F)(F)F.O=[N+]([O-])c1cccc([I+]c2cccc([N+](=O)[O-])c2)c1.[F-]. The van der Waals surface area contributed by atoms with E-state index in [2.05, 4.69) is 0 Å². The number of nitro benzene ring substituents is 2. The summed E-state index contributed by atoms with van der Waals surface area (Å²) in [5.74, 6) is 0. The molecule has 0 aromatic heterocycles. The molecule has 0 atom stereocenters. The third kappa shape index (κ3) is 10.9. The average Bonchev–Trinajstić information content (AvgIpc) is 2.45. The van der Waals surface area contributed by atoms with Gasteiger partial charge in [-0.2, -0.15) is 0 Å². The summed E-state index contributed by atoms with van der Waals surface area (Å²) in [6.07, 6.45) is 0. The third-order valence-corrected chi connectivity index (χ3v) is 4.84. The molecule has 0 aliphatic heterocycles. The summed E-state index contributed by atoms with van der Waals surface area (Å²) in [6.45, 7) is 0. The Labute approximate surface area is 155 Å². The van der Waals surface area contributed by atoms with Crippen molar-refractivity contribution in [3.05, 3.63) is 75.9 Å². The van der Waals surface area contributed by atoms with Crippen LogP contribution in [0.2, 0.25) is 0 Å². The Morgan fingerprint density at radius 3 is 1.35 bits per heavy atom. The average molecular weight is 560 g/mol. The van der Waals surface area contributed by atoms with Crippen LogP contribution >= 0.6 is 0 Å². The van der Waals surface area contributed by atoms with E-state index < -0.39 is 45.9 Å². The van der Waals surface area contributed by atoms with Gasteiger partial charge in [0.1, 0.15) is 0 Å². The fourth-order valence-electron chi connectivity index (χ4n) is 1.42. The molecule has 14 heteroatoms. The molecule has 2 rings (SSSR count). The topological polar surface area (TPSA) is 86.3 Å².